The molecular weight excluding hydrogens is 196 g/mol. The third kappa shape index (κ3) is 3.67. The van der Waals surface area contributed by atoms with Crippen LogP contribution in [0.5, 0.6) is 0 Å². The summed E-state index contributed by atoms with van der Waals surface area (Å²) in [5.74, 6) is -0.597. The van der Waals surface area contributed by atoms with Crippen LogP contribution in [-0.4, -0.2) is 32.6 Å². The molecule has 0 aromatic carbocycles. The molecule has 1 unspecified atom stereocenters. The Bertz CT molecular complexity index is 324. The predicted octanol–water partition coefficient (Wildman–Crippen LogP) is -0.676. The number of hydrogen-bond acceptors (Lipinski definition) is 4. The van der Waals surface area contributed by atoms with Crippen LogP contribution >= 0.6 is 0 Å². The molecule has 6 nitrogen and oxygen atoms in total. The van der Waals surface area contributed by atoms with Gasteiger partial charge >= 0.3 is 0 Å². The van der Waals surface area contributed by atoms with Crippen molar-refractivity contribution in [2.45, 2.75) is 26.3 Å². The number of aliphatic hydroxyl groups excluding tert-OH is 1. The van der Waals surface area contributed by atoms with E-state index in [1.54, 1.807) is 17.8 Å². The van der Waals surface area contributed by atoms with Gasteiger partial charge in [0.25, 0.3) is 0 Å². The standard InChI is InChI=1S/C9H16N4O2/c1-7(9(10)15)5-13-6-8(11-12-13)3-2-4-14/h6-7,14H,2-5H2,1H3,(H2,10,15). The summed E-state index contributed by atoms with van der Waals surface area (Å²) in [7, 11) is 0. The number of hydrogen-bond donors (Lipinski definition) is 2. The summed E-state index contributed by atoms with van der Waals surface area (Å²) >= 11 is 0. The summed E-state index contributed by atoms with van der Waals surface area (Å²) in [6.07, 6.45) is 3.14. The third-order valence-corrected chi connectivity index (χ3v) is 2.12. The Morgan fingerprint density at radius 1 is 1.73 bits per heavy atom. The lowest BCUT2D eigenvalue weighted by atomic mass is 10.2. The van der Waals surface area contributed by atoms with Crippen molar-refractivity contribution in [3.8, 4) is 0 Å². The number of primary amides is 1. The lowest BCUT2D eigenvalue weighted by molar-refractivity contribution is -0.121. The first kappa shape index (κ1) is 11.6. The summed E-state index contributed by atoms with van der Waals surface area (Å²) < 4.78 is 1.60. The van der Waals surface area contributed by atoms with Crippen molar-refractivity contribution < 1.29 is 9.90 Å². The van der Waals surface area contributed by atoms with Gasteiger partial charge in [0.15, 0.2) is 0 Å². The molecule has 0 aliphatic carbocycles. The smallest absolute Gasteiger partial charge is 0.222 e. The number of carbonyl (C=O) groups excluding carboxylic acids is 1. The second kappa shape index (κ2) is 5.45. The Morgan fingerprint density at radius 3 is 3.07 bits per heavy atom. The molecule has 0 bridgehead atoms. The minimum atomic E-state index is -0.345. The summed E-state index contributed by atoms with van der Waals surface area (Å²) in [4.78, 5) is 10.8. The number of rotatable bonds is 6. The number of carbonyl (C=O) groups is 1. The van der Waals surface area contributed by atoms with E-state index in [4.69, 9.17) is 10.8 Å². The molecule has 0 saturated heterocycles. The zero-order chi connectivity index (χ0) is 11.3. The van der Waals surface area contributed by atoms with Crippen LogP contribution < -0.4 is 5.73 Å². The highest BCUT2D eigenvalue weighted by atomic mass is 16.2. The molecule has 0 fully saturated rings. The first-order chi connectivity index (χ1) is 7.13. The summed E-state index contributed by atoms with van der Waals surface area (Å²) in [5, 5.41) is 16.4. The van der Waals surface area contributed by atoms with E-state index in [2.05, 4.69) is 10.3 Å². The van der Waals surface area contributed by atoms with Crippen molar-refractivity contribution in [3.63, 3.8) is 0 Å². The van der Waals surface area contributed by atoms with Gasteiger partial charge in [-0.05, 0) is 12.8 Å². The van der Waals surface area contributed by atoms with E-state index in [9.17, 15) is 4.79 Å². The fourth-order valence-electron chi connectivity index (χ4n) is 1.17. The van der Waals surface area contributed by atoms with Gasteiger partial charge in [0.05, 0.1) is 18.2 Å². The molecule has 0 radical (unpaired) electrons. The van der Waals surface area contributed by atoms with Crippen molar-refractivity contribution in [1.29, 1.82) is 0 Å². The Balaban J connectivity index is 2.49. The van der Waals surface area contributed by atoms with Gasteiger partial charge in [0.1, 0.15) is 0 Å². The SMILES string of the molecule is CC(Cn1cc(CCCO)nn1)C(N)=O. The van der Waals surface area contributed by atoms with E-state index in [1.807, 2.05) is 0 Å². The van der Waals surface area contributed by atoms with Gasteiger partial charge in [-0.3, -0.25) is 9.48 Å². The van der Waals surface area contributed by atoms with Crippen molar-refractivity contribution >= 4 is 5.91 Å². The van der Waals surface area contributed by atoms with Gasteiger partial charge < -0.3 is 10.8 Å². The molecule has 0 saturated carbocycles. The summed E-state index contributed by atoms with van der Waals surface area (Å²) in [5.41, 5.74) is 5.96. The maximum absolute atomic E-state index is 10.8. The number of nitrogens with zero attached hydrogens (tertiary/aromatic N) is 3. The zero-order valence-corrected chi connectivity index (χ0v) is 8.76. The number of aliphatic hydroxyl groups is 1. The van der Waals surface area contributed by atoms with E-state index < -0.39 is 0 Å². The molecular formula is C9H16N4O2. The van der Waals surface area contributed by atoms with Crippen LogP contribution in [0.15, 0.2) is 6.20 Å². The van der Waals surface area contributed by atoms with Gasteiger partial charge in [-0.25, -0.2) is 0 Å². The first-order valence-corrected chi connectivity index (χ1v) is 4.92. The number of aromatic nitrogens is 3. The van der Waals surface area contributed by atoms with Crippen LogP contribution in [0.1, 0.15) is 19.0 Å². The highest BCUT2D eigenvalue weighted by Gasteiger charge is 2.10. The molecule has 1 amide bonds. The molecule has 0 spiro atoms. The van der Waals surface area contributed by atoms with E-state index in [1.165, 1.54) is 0 Å². The van der Waals surface area contributed by atoms with Gasteiger partial charge in [-0.15, -0.1) is 5.10 Å². The quantitative estimate of drug-likeness (QED) is 0.653. The average Bonchev–Trinajstić information content (AvgIpc) is 2.62. The molecule has 1 atom stereocenters. The third-order valence-electron chi connectivity index (χ3n) is 2.12. The molecule has 15 heavy (non-hydrogen) atoms. The maximum Gasteiger partial charge on any atom is 0.222 e. The minimum absolute atomic E-state index is 0.143. The van der Waals surface area contributed by atoms with Gasteiger partial charge in [0, 0.05) is 12.8 Å². The van der Waals surface area contributed by atoms with Gasteiger partial charge in [0.2, 0.25) is 5.91 Å². The fourth-order valence-corrected chi connectivity index (χ4v) is 1.17. The van der Waals surface area contributed by atoms with E-state index in [0.717, 1.165) is 5.69 Å². The topological polar surface area (TPSA) is 94.0 Å². The van der Waals surface area contributed by atoms with Crippen LogP contribution in [0.4, 0.5) is 0 Å². The van der Waals surface area contributed by atoms with Gasteiger partial charge in [-0.2, -0.15) is 0 Å². The number of amides is 1. The van der Waals surface area contributed by atoms with Gasteiger partial charge in [-0.1, -0.05) is 12.1 Å². The van der Waals surface area contributed by atoms with Crippen molar-refractivity contribution in [2.24, 2.45) is 11.7 Å². The maximum atomic E-state index is 10.8. The Labute approximate surface area is 88.1 Å². The molecule has 1 aromatic heterocycles. The highest BCUT2D eigenvalue weighted by Crippen LogP contribution is 2.01. The van der Waals surface area contributed by atoms with Crippen LogP contribution in [0.2, 0.25) is 0 Å². The van der Waals surface area contributed by atoms with Crippen LogP contribution in [-0.2, 0) is 17.8 Å². The van der Waals surface area contributed by atoms with Crippen molar-refractivity contribution in [2.75, 3.05) is 6.61 Å². The largest absolute Gasteiger partial charge is 0.396 e. The molecule has 0 aliphatic rings. The van der Waals surface area contributed by atoms with Crippen molar-refractivity contribution in [1.82, 2.24) is 15.0 Å². The van der Waals surface area contributed by atoms with E-state index in [0.29, 0.717) is 19.4 Å². The monoisotopic (exact) mass is 212 g/mol. The van der Waals surface area contributed by atoms with Crippen LogP contribution in [0, 0.1) is 5.92 Å². The molecule has 1 rings (SSSR count). The van der Waals surface area contributed by atoms with E-state index >= 15 is 0 Å². The number of nitrogens with two attached hydrogens (primary N) is 1. The normalized spacial score (nSPS) is 12.7. The second-order valence-electron chi connectivity index (χ2n) is 3.56. The van der Waals surface area contributed by atoms with E-state index in [-0.39, 0.29) is 18.4 Å². The highest BCUT2D eigenvalue weighted by molar-refractivity contribution is 5.76. The number of aryl methyl sites for hydroxylation is 1. The lowest BCUT2D eigenvalue weighted by Crippen LogP contribution is -2.24. The molecule has 6 heteroatoms. The minimum Gasteiger partial charge on any atom is -0.396 e. The molecule has 84 valence electrons. The lowest BCUT2D eigenvalue weighted by Gasteiger charge is -2.05. The van der Waals surface area contributed by atoms with Crippen LogP contribution in [0.3, 0.4) is 0 Å². The molecule has 1 aromatic rings. The Kier molecular flexibility index (Phi) is 4.23. The summed E-state index contributed by atoms with van der Waals surface area (Å²) in [6.45, 7) is 2.34. The van der Waals surface area contributed by atoms with Crippen LogP contribution in [0.25, 0.3) is 0 Å². The zero-order valence-electron chi connectivity index (χ0n) is 8.76. The second-order valence-corrected chi connectivity index (χ2v) is 3.56. The Hall–Kier alpha value is -1.43. The fraction of sp³-hybridized carbons (Fsp3) is 0.667. The summed E-state index contributed by atoms with van der Waals surface area (Å²) in [6, 6.07) is 0. The predicted molar refractivity (Wildman–Crippen MR) is 53.8 cm³/mol. The molecule has 3 N–H and O–H groups in total. The Morgan fingerprint density at radius 2 is 2.47 bits per heavy atom. The van der Waals surface area contributed by atoms with Crippen molar-refractivity contribution in [3.05, 3.63) is 11.9 Å². The first-order valence-electron chi connectivity index (χ1n) is 4.92. The molecule has 0 aliphatic heterocycles. The molecule has 1 heterocycles. The average molecular weight is 212 g/mol.